The van der Waals surface area contributed by atoms with Gasteiger partial charge >= 0.3 is 0 Å². The number of aryl methyl sites for hydroxylation is 1. The van der Waals surface area contributed by atoms with E-state index in [4.69, 9.17) is 0 Å². The molecule has 0 heterocycles. The Morgan fingerprint density at radius 2 is 1.47 bits per heavy atom. The van der Waals surface area contributed by atoms with Crippen LogP contribution in [0.15, 0.2) is 24.3 Å². The van der Waals surface area contributed by atoms with Crippen molar-refractivity contribution in [3.05, 3.63) is 35.4 Å². The molecule has 1 saturated carbocycles. The first-order chi connectivity index (χ1) is 9.24. The summed E-state index contributed by atoms with van der Waals surface area (Å²) in [5, 5.41) is 0. The van der Waals surface area contributed by atoms with Gasteiger partial charge in [-0.05, 0) is 55.1 Å². The van der Waals surface area contributed by atoms with Crippen LogP contribution >= 0.6 is 0 Å². The van der Waals surface area contributed by atoms with Gasteiger partial charge in [-0.2, -0.15) is 0 Å². The second-order valence-corrected chi connectivity index (χ2v) is 6.57. The van der Waals surface area contributed by atoms with E-state index >= 15 is 0 Å². The van der Waals surface area contributed by atoms with Gasteiger partial charge in [-0.25, -0.2) is 0 Å². The lowest BCUT2D eigenvalue weighted by Gasteiger charge is -2.36. The molecule has 1 aliphatic rings. The van der Waals surface area contributed by atoms with Crippen molar-refractivity contribution in [3.63, 3.8) is 0 Å². The Morgan fingerprint density at radius 1 is 0.895 bits per heavy atom. The van der Waals surface area contributed by atoms with Crippen molar-refractivity contribution in [2.75, 3.05) is 0 Å². The number of benzene rings is 1. The van der Waals surface area contributed by atoms with E-state index in [0.717, 1.165) is 17.8 Å². The average molecular weight is 258 g/mol. The zero-order chi connectivity index (χ0) is 13.7. The van der Waals surface area contributed by atoms with E-state index in [1.54, 1.807) is 5.56 Å². The molecule has 1 fully saturated rings. The van der Waals surface area contributed by atoms with Gasteiger partial charge in [-0.15, -0.1) is 0 Å². The fourth-order valence-corrected chi connectivity index (χ4v) is 4.15. The van der Waals surface area contributed by atoms with E-state index in [9.17, 15) is 0 Å². The van der Waals surface area contributed by atoms with Gasteiger partial charge < -0.3 is 0 Å². The van der Waals surface area contributed by atoms with Crippen LogP contribution in [-0.2, 0) is 0 Å². The molecule has 2 rings (SSSR count). The van der Waals surface area contributed by atoms with Crippen LogP contribution in [0.5, 0.6) is 0 Å². The summed E-state index contributed by atoms with van der Waals surface area (Å²) in [6.45, 7) is 6.96. The molecule has 0 spiro atoms. The summed E-state index contributed by atoms with van der Waals surface area (Å²) in [5.41, 5.74) is 3.13. The zero-order valence-electron chi connectivity index (χ0n) is 13.0. The van der Waals surface area contributed by atoms with Crippen LogP contribution in [0.1, 0.15) is 75.8 Å². The molecule has 19 heavy (non-hydrogen) atoms. The quantitative estimate of drug-likeness (QED) is 0.599. The minimum Gasteiger partial charge on any atom is -0.0654 e. The largest absolute Gasteiger partial charge is 0.0654 e. The Kier molecular flexibility index (Phi) is 5.48. The zero-order valence-corrected chi connectivity index (χ0v) is 13.0. The van der Waals surface area contributed by atoms with Gasteiger partial charge in [-0.1, -0.05) is 63.8 Å². The van der Waals surface area contributed by atoms with E-state index in [0.29, 0.717) is 0 Å². The summed E-state index contributed by atoms with van der Waals surface area (Å²) >= 11 is 0. The van der Waals surface area contributed by atoms with Gasteiger partial charge in [0.25, 0.3) is 0 Å². The minimum absolute atomic E-state index is 0.822. The van der Waals surface area contributed by atoms with Gasteiger partial charge in [0.15, 0.2) is 0 Å². The summed E-state index contributed by atoms with van der Waals surface area (Å²) in [4.78, 5) is 0. The van der Waals surface area contributed by atoms with Crippen molar-refractivity contribution in [3.8, 4) is 0 Å². The van der Waals surface area contributed by atoms with Crippen LogP contribution in [0.2, 0.25) is 0 Å². The first kappa shape index (κ1) is 14.6. The third-order valence-electron chi connectivity index (χ3n) is 4.92. The smallest absolute Gasteiger partial charge is 0.0154 e. The summed E-state index contributed by atoms with van der Waals surface area (Å²) < 4.78 is 0. The molecule has 0 heteroatoms. The normalized spacial score (nSPS) is 27.4. The van der Waals surface area contributed by atoms with Crippen molar-refractivity contribution < 1.29 is 0 Å². The Bertz CT molecular complexity index is 365. The molecular formula is C19H30. The Hall–Kier alpha value is -0.780. The first-order valence-corrected chi connectivity index (χ1v) is 8.30. The molecule has 2 unspecified atom stereocenters. The second kappa shape index (κ2) is 7.12. The molecule has 0 aliphatic heterocycles. The molecule has 0 nitrogen and oxygen atoms in total. The molecule has 0 bridgehead atoms. The van der Waals surface area contributed by atoms with Crippen LogP contribution in [0.3, 0.4) is 0 Å². The topological polar surface area (TPSA) is 0 Å². The highest BCUT2D eigenvalue weighted by atomic mass is 14.3. The van der Waals surface area contributed by atoms with E-state index in [1.807, 2.05) is 0 Å². The second-order valence-electron chi connectivity index (χ2n) is 6.57. The van der Waals surface area contributed by atoms with Gasteiger partial charge in [0.05, 0.1) is 0 Å². The van der Waals surface area contributed by atoms with E-state index in [-0.39, 0.29) is 0 Å². The molecule has 0 saturated heterocycles. The van der Waals surface area contributed by atoms with Crippen LogP contribution in [0, 0.1) is 18.8 Å². The van der Waals surface area contributed by atoms with Crippen molar-refractivity contribution in [2.45, 2.75) is 71.6 Å². The van der Waals surface area contributed by atoms with E-state index in [2.05, 4.69) is 45.0 Å². The summed E-state index contributed by atoms with van der Waals surface area (Å²) in [6.07, 6.45) is 9.92. The van der Waals surface area contributed by atoms with Crippen LogP contribution in [0.25, 0.3) is 0 Å². The lowest BCUT2D eigenvalue weighted by molar-refractivity contribution is 0.216. The Morgan fingerprint density at radius 3 is 2.00 bits per heavy atom. The Balaban J connectivity index is 2.12. The fraction of sp³-hybridized carbons (Fsp3) is 0.684. The van der Waals surface area contributed by atoms with Gasteiger partial charge in [-0.3, -0.25) is 0 Å². The highest BCUT2D eigenvalue weighted by Gasteiger charge is 2.29. The molecule has 0 amide bonds. The minimum atomic E-state index is 0.822. The van der Waals surface area contributed by atoms with Gasteiger partial charge in [0.2, 0.25) is 0 Å². The van der Waals surface area contributed by atoms with Crippen molar-refractivity contribution in [2.24, 2.45) is 11.8 Å². The van der Waals surface area contributed by atoms with Crippen molar-refractivity contribution in [1.29, 1.82) is 0 Å². The maximum absolute atomic E-state index is 2.37. The summed E-state index contributed by atoms with van der Waals surface area (Å²) in [7, 11) is 0. The Labute approximate surface area is 119 Å². The summed E-state index contributed by atoms with van der Waals surface area (Å²) in [6, 6.07) is 9.06. The molecule has 0 radical (unpaired) electrons. The molecule has 0 aromatic heterocycles. The van der Waals surface area contributed by atoms with Gasteiger partial charge in [0.1, 0.15) is 0 Å². The van der Waals surface area contributed by atoms with E-state index < -0.39 is 0 Å². The van der Waals surface area contributed by atoms with Crippen molar-refractivity contribution >= 4 is 0 Å². The number of rotatable bonds is 5. The third kappa shape index (κ3) is 3.84. The highest BCUT2D eigenvalue weighted by Crippen LogP contribution is 2.43. The standard InChI is InChI=1S/C19H30/c1-4-8-16-12-17(9-5-2)14-18(13-16)19-11-7-6-10-15(19)3/h6-7,10-11,16-18H,4-5,8-9,12-14H2,1-3H3. The predicted octanol–water partition coefficient (Wildman–Crippen LogP) is 6.10. The van der Waals surface area contributed by atoms with Gasteiger partial charge in [0, 0.05) is 0 Å². The predicted molar refractivity (Wildman–Crippen MR) is 84.6 cm³/mol. The van der Waals surface area contributed by atoms with Crippen LogP contribution < -0.4 is 0 Å². The maximum Gasteiger partial charge on any atom is -0.0154 e. The molecular weight excluding hydrogens is 228 g/mol. The molecule has 2 atom stereocenters. The molecule has 106 valence electrons. The van der Waals surface area contributed by atoms with E-state index in [1.165, 1.54) is 50.5 Å². The first-order valence-electron chi connectivity index (χ1n) is 8.30. The van der Waals surface area contributed by atoms with Crippen LogP contribution in [-0.4, -0.2) is 0 Å². The average Bonchev–Trinajstić information content (AvgIpc) is 2.40. The lowest BCUT2D eigenvalue weighted by Crippen LogP contribution is -2.22. The third-order valence-corrected chi connectivity index (χ3v) is 4.92. The highest BCUT2D eigenvalue weighted by molar-refractivity contribution is 5.29. The summed E-state index contributed by atoms with van der Waals surface area (Å²) in [5.74, 6) is 2.77. The van der Waals surface area contributed by atoms with Crippen molar-refractivity contribution in [1.82, 2.24) is 0 Å². The number of hydrogen-bond acceptors (Lipinski definition) is 0. The monoisotopic (exact) mass is 258 g/mol. The molecule has 1 aromatic carbocycles. The molecule has 1 aromatic rings. The molecule has 1 aliphatic carbocycles. The van der Waals surface area contributed by atoms with Crippen LogP contribution in [0.4, 0.5) is 0 Å². The lowest BCUT2D eigenvalue weighted by atomic mass is 9.69. The molecule has 0 N–H and O–H groups in total. The maximum atomic E-state index is 2.37. The number of hydrogen-bond donors (Lipinski definition) is 0. The SMILES string of the molecule is CCCC1CC(CCC)CC(c2ccccc2C)C1. The fourth-order valence-electron chi connectivity index (χ4n) is 4.15.